The zero-order valence-electron chi connectivity index (χ0n) is 14.8. The van der Waals surface area contributed by atoms with Gasteiger partial charge in [0, 0.05) is 5.56 Å². The Morgan fingerprint density at radius 3 is 2.54 bits per heavy atom. The minimum Gasteiger partial charge on any atom is -0.488 e. The minimum absolute atomic E-state index is 0.0760. The van der Waals surface area contributed by atoms with E-state index in [0.717, 1.165) is 18.2 Å². The van der Waals surface area contributed by atoms with Gasteiger partial charge in [-0.05, 0) is 42.7 Å². The molecule has 0 radical (unpaired) electrons. The number of halogens is 2. The zero-order valence-corrected chi connectivity index (χ0v) is 14.8. The van der Waals surface area contributed by atoms with Crippen molar-refractivity contribution in [1.82, 2.24) is 0 Å². The van der Waals surface area contributed by atoms with Crippen molar-refractivity contribution in [2.75, 3.05) is 12.2 Å². The molecule has 1 N–H and O–H groups in total. The predicted octanol–water partition coefficient (Wildman–Crippen LogP) is 5.04. The van der Waals surface area contributed by atoms with Crippen molar-refractivity contribution in [2.45, 2.75) is 33.3 Å². The average Bonchev–Trinajstić information content (AvgIpc) is 2.65. The van der Waals surface area contributed by atoms with E-state index in [0.29, 0.717) is 17.0 Å². The van der Waals surface area contributed by atoms with E-state index in [9.17, 15) is 18.8 Å². The molecule has 5 nitrogen and oxygen atoms in total. The number of hydrogen-bond acceptors (Lipinski definition) is 4. The number of ether oxygens (including phenoxy) is 2. The van der Waals surface area contributed by atoms with Crippen molar-refractivity contribution in [1.29, 1.82) is 0 Å². The fourth-order valence-electron chi connectivity index (χ4n) is 2.60. The number of aryl methyl sites for hydroxylation is 2. The molecular formula is C19H21F2NO4. The third-order valence-corrected chi connectivity index (χ3v) is 4.03. The Balaban J connectivity index is 2.30. The Labute approximate surface area is 150 Å². The van der Waals surface area contributed by atoms with Crippen LogP contribution in [-0.2, 0) is 17.8 Å². The number of hydrogen-bond donors (Lipinski definition) is 1. The smallest absolute Gasteiger partial charge is 0.438 e. The summed E-state index contributed by atoms with van der Waals surface area (Å²) in [6.45, 7) is 3.63. The fourth-order valence-corrected chi connectivity index (χ4v) is 2.60. The second-order valence-electron chi connectivity index (χ2n) is 5.67. The summed E-state index contributed by atoms with van der Waals surface area (Å²) in [5.41, 5.74) is 2.11. The summed E-state index contributed by atoms with van der Waals surface area (Å²) in [7, 11) is 1.14. The molecule has 0 aliphatic heterocycles. The highest BCUT2D eigenvalue weighted by Crippen LogP contribution is 2.33. The molecule has 0 aliphatic rings. The largest absolute Gasteiger partial charge is 0.488 e. The van der Waals surface area contributed by atoms with Gasteiger partial charge in [0.05, 0.1) is 18.4 Å². The molecule has 0 unspecified atom stereocenters. The van der Waals surface area contributed by atoms with Gasteiger partial charge in [-0.25, -0.2) is 13.6 Å². The Morgan fingerprint density at radius 2 is 1.92 bits per heavy atom. The number of para-hydroxylation sites is 1. The van der Waals surface area contributed by atoms with Crippen LogP contribution < -0.4 is 9.80 Å². The lowest BCUT2D eigenvalue weighted by Gasteiger charge is -2.19. The molecule has 0 aliphatic carbocycles. The number of benzene rings is 2. The molecule has 2 aromatic carbocycles. The van der Waals surface area contributed by atoms with Crippen molar-refractivity contribution in [3.05, 3.63) is 58.7 Å². The topological polar surface area (TPSA) is 59.0 Å². The third kappa shape index (κ3) is 4.29. The normalized spacial score (nSPS) is 10.7. The van der Waals surface area contributed by atoms with Gasteiger partial charge < -0.3 is 9.47 Å². The van der Waals surface area contributed by atoms with Crippen molar-refractivity contribution in [3.63, 3.8) is 0 Å². The van der Waals surface area contributed by atoms with Crippen LogP contribution in [0.5, 0.6) is 5.75 Å². The fraction of sp³-hybridized carbons (Fsp3) is 0.316. The molecule has 26 heavy (non-hydrogen) atoms. The predicted molar refractivity (Wildman–Crippen MR) is 93.0 cm³/mol. The molecular weight excluding hydrogens is 344 g/mol. The molecule has 0 bridgehead atoms. The van der Waals surface area contributed by atoms with Gasteiger partial charge in [0.25, 0.3) is 6.43 Å². The van der Waals surface area contributed by atoms with Gasteiger partial charge in [-0.1, -0.05) is 25.1 Å². The number of anilines is 1. The Kier molecular flexibility index (Phi) is 6.52. The molecule has 0 spiro atoms. The van der Waals surface area contributed by atoms with Gasteiger partial charge in [-0.2, -0.15) is 5.06 Å². The van der Waals surface area contributed by atoms with E-state index in [1.54, 1.807) is 24.3 Å². The highest BCUT2D eigenvalue weighted by molar-refractivity contribution is 5.85. The SMILES string of the molecule is CCc1cc(C(F)F)c(OCc2ccccc2N(O)C(=O)OC)cc1C. The summed E-state index contributed by atoms with van der Waals surface area (Å²) in [4.78, 5) is 11.5. The molecule has 140 valence electrons. The highest BCUT2D eigenvalue weighted by Gasteiger charge is 2.19. The van der Waals surface area contributed by atoms with Crippen molar-refractivity contribution in [2.24, 2.45) is 0 Å². The molecule has 0 aromatic heterocycles. The quantitative estimate of drug-likeness (QED) is 0.576. The van der Waals surface area contributed by atoms with Gasteiger partial charge >= 0.3 is 6.09 Å². The number of rotatable bonds is 6. The standard InChI is InChI=1S/C19H21F2NO4/c1-4-13-10-15(18(20)21)17(9-12(13)2)26-11-14-7-5-6-8-16(14)22(24)19(23)25-3/h5-10,18,24H,4,11H2,1-3H3. The first-order valence-corrected chi connectivity index (χ1v) is 8.08. The molecule has 0 saturated heterocycles. The van der Waals surface area contributed by atoms with Crippen LogP contribution in [-0.4, -0.2) is 18.4 Å². The van der Waals surface area contributed by atoms with Crippen LogP contribution >= 0.6 is 0 Å². The van der Waals surface area contributed by atoms with Crippen molar-refractivity contribution >= 4 is 11.8 Å². The van der Waals surface area contributed by atoms with Crippen LogP contribution in [0, 0.1) is 6.92 Å². The van der Waals surface area contributed by atoms with Gasteiger partial charge in [0.2, 0.25) is 0 Å². The van der Waals surface area contributed by atoms with Gasteiger partial charge in [0.15, 0.2) is 0 Å². The second kappa shape index (κ2) is 8.62. The number of hydroxylamine groups is 1. The number of amides is 1. The van der Waals surface area contributed by atoms with Gasteiger partial charge in [-0.15, -0.1) is 0 Å². The van der Waals surface area contributed by atoms with Crippen LogP contribution in [0.25, 0.3) is 0 Å². The molecule has 0 heterocycles. The summed E-state index contributed by atoms with van der Waals surface area (Å²) in [5, 5.41) is 10.3. The molecule has 2 rings (SSSR count). The zero-order chi connectivity index (χ0) is 19.3. The summed E-state index contributed by atoms with van der Waals surface area (Å²) >= 11 is 0. The molecule has 2 aromatic rings. The lowest BCUT2D eigenvalue weighted by Crippen LogP contribution is -2.27. The number of nitrogens with zero attached hydrogens (tertiary/aromatic N) is 1. The first-order chi connectivity index (χ1) is 12.4. The monoisotopic (exact) mass is 365 g/mol. The van der Waals surface area contributed by atoms with Gasteiger partial charge in [-0.3, -0.25) is 5.21 Å². The van der Waals surface area contributed by atoms with Crippen LogP contribution in [0.1, 0.15) is 35.6 Å². The summed E-state index contributed by atoms with van der Waals surface area (Å²) < 4.78 is 36.8. The number of methoxy groups -OCH3 is 1. The van der Waals surface area contributed by atoms with Crippen molar-refractivity contribution in [3.8, 4) is 5.75 Å². The van der Waals surface area contributed by atoms with Crippen LogP contribution in [0.4, 0.5) is 19.3 Å². The molecule has 0 fully saturated rings. The minimum atomic E-state index is -2.67. The highest BCUT2D eigenvalue weighted by atomic mass is 19.3. The maximum atomic E-state index is 13.4. The van der Waals surface area contributed by atoms with E-state index >= 15 is 0 Å². The van der Waals surface area contributed by atoms with E-state index in [2.05, 4.69) is 4.74 Å². The molecule has 1 amide bonds. The Morgan fingerprint density at radius 1 is 1.23 bits per heavy atom. The van der Waals surface area contributed by atoms with Crippen LogP contribution in [0.2, 0.25) is 0 Å². The Hall–Kier alpha value is -2.67. The molecule has 0 saturated carbocycles. The first-order valence-electron chi connectivity index (χ1n) is 8.08. The lowest BCUT2D eigenvalue weighted by molar-refractivity contribution is 0.140. The van der Waals surface area contributed by atoms with Crippen LogP contribution in [0.3, 0.4) is 0 Å². The van der Waals surface area contributed by atoms with Crippen molar-refractivity contribution < 1.29 is 28.3 Å². The number of carbonyl (C=O) groups is 1. The van der Waals surface area contributed by atoms with Crippen LogP contribution in [0.15, 0.2) is 36.4 Å². The average molecular weight is 365 g/mol. The van der Waals surface area contributed by atoms with E-state index in [4.69, 9.17) is 4.74 Å². The second-order valence-corrected chi connectivity index (χ2v) is 5.67. The number of carbonyl (C=O) groups excluding carboxylic acids is 1. The maximum Gasteiger partial charge on any atom is 0.438 e. The maximum absolute atomic E-state index is 13.4. The first kappa shape index (κ1) is 19.7. The lowest BCUT2D eigenvalue weighted by atomic mass is 10.0. The Bertz CT molecular complexity index is 780. The van der Waals surface area contributed by atoms with E-state index in [-0.39, 0.29) is 23.6 Å². The number of alkyl halides is 2. The summed E-state index contributed by atoms with van der Waals surface area (Å²) in [6, 6.07) is 9.46. The summed E-state index contributed by atoms with van der Waals surface area (Å²) in [5.74, 6) is 0.0760. The van der Waals surface area contributed by atoms with E-state index in [1.165, 1.54) is 12.1 Å². The molecule has 7 heteroatoms. The summed E-state index contributed by atoms with van der Waals surface area (Å²) in [6.07, 6.45) is -2.99. The molecule has 0 atom stereocenters. The third-order valence-electron chi connectivity index (χ3n) is 4.03. The van der Waals surface area contributed by atoms with E-state index < -0.39 is 12.5 Å². The van der Waals surface area contributed by atoms with Gasteiger partial charge in [0.1, 0.15) is 12.4 Å². The van der Waals surface area contributed by atoms with E-state index in [1.807, 2.05) is 13.8 Å².